The fraction of sp³-hybridized carbons (Fsp3) is 0.105. The standard InChI is InChI=1S/C114H85B3N4O2/c1-112(2,3)76-60-83(70-38-18-12-19-39-70)106(85(62-76)74-44-30-42-72(58-74)68-34-14-10-15-35-68)120-93-64-78(114(7,8)9)65-94-101(93)117(104-97(120)66-95-102-110(104)122-99-56-28-24-50-87(99)115(102)89-52-32-48-81-79-46-22-26-54-91(79)118(95)108(81)89)105-98(67-96-103-111(105)123-100-57-29-25-51-88(100)116(103)90-53-33-49-82-80-47-23-27-55-92(80)119(96)109(82)90)121(94)107-84(71-40-20-13-21-41-71)61-77(113(4,5)6)63-86(107)75-45-31-43-73(59-75)69-36-16-11-17-37-69/h10-67H,1-9H3/i22D,23D,24D,25D,26D,27D,28D,29D,32D,33D,46D,47D,48D,49D,50D,51D,52D,53D,54D,55D,56D,57D. The van der Waals surface area contributed by atoms with Crippen LogP contribution >= 0.6 is 0 Å². The Morgan fingerprint density at radius 1 is 0.260 bits per heavy atom. The van der Waals surface area contributed by atoms with Crippen LogP contribution in [0.15, 0.2) is 351 Å². The van der Waals surface area contributed by atoms with E-state index in [1.807, 2.05) is 97.1 Å². The minimum atomic E-state index is -1.62. The highest BCUT2D eigenvalue weighted by Crippen LogP contribution is 2.58. The first-order chi connectivity index (χ1) is 69.1. The zero-order valence-electron chi connectivity index (χ0n) is 90.6. The van der Waals surface area contributed by atoms with E-state index >= 15 is 0 Å². The highest BCUT2D eigenvalue weighted by atomic mass is 16.5. The molecule has 19 aromatic rings. The number of aromatic nitrogens is 2. The summed E-state index contributed by atoms with van der Waals surface area (Å²) >= 11 is 0. The van der Waals surface area contributed by atoms with Crippen molar-refractivity contribution in [3.8, 4) is 101 Å². The Morgan fingerprint density at radius 2 is 0.577 bits per heavy atom. The van der Waals surface area contributed by atoms with Crippen molar-refractivity contribution < 1.29 is 39.6 Å². The summed E-state index contributed by atoms with van der Waals surface area (Å²) in [5.41, 5.74) is 12.7. The Bertz CT molecular complexity index is 8680. The fourth-order valence-electron chi connectivity index (χ4n) is 20.4. The molecule has 2 aromatic heterocycles. The topological polar surface area (TPSA) is 34.8 Å². The van der Waals surface area contributed by atoms with Crippen LogP contribution in [0.25, 0.3) is 122 Å². The van der Waals surface area contributed by atoms with Crippen LogP contribution in [0.4, 0.5) is 34.1 Å². The first-order valence-corrected chi connectivity index (χ1v) is 41.8. The van der Waals surface area contributed by atoms with Gasteiger partial charge in [0.15, 0.2) is 0 Å². The average Bonchev–Trinajstić information content (AvgIpc) is 1.56. The molecule has 0 radical (unpaired) electrons. The molecule has 0 N–H and O–H groups in total. The van der Waals surface area contributed by atoms with E-state index in [4.69, 9.17) is 9.47 Å². The molecule has 0 fully saturated rings. The van der Waals surface area contributed by atoms with Gasteiger partial charge in [0.2, 0.25) is 0 Å². The predicted molar refractivity (Wildman–Crippen MR) is 520 cm³/mol. The van der Waals surface area contributed by atoms with E-state index in [2.05, 4.69) is 193 Å². The van der Waals surface area contributed by atoms with Gasteiger partial charge in [0, 0.05) is 89.0 Å². The summed E-state index contributed by atoms with van der Waals surface area (Å²) in [6, 6.07) is 60.0. The quantitative estimate of drug-likeness (QED) is 0.142. The number of nitrogens with zero attached hydrogens (tertiary/aromatic N) is 4. The lowest BCUT2D eigenvalue weighted by Gasteiger charge is -2.49. The van der Waals surface area contributed by atoms with Crippen molar-refractivity contribution >= 4 is 147 Å². The normalized spacial score (nSPS) is 16.1. The Labute approximate surface area is 749 Å². The van der Waals surface area contributed by atoms with Gasteiger partial charge in [-0.15, -0.1) is 0 Å². The highest BCUT2D eigenvalue weighted by molar-refractivity contribution is 7.05. The van der Waals surface area contributed by atoms with Crippen LogP contribution in [0.5, 0.6) is 23.0 Å². The van der Waals surface area contributed by atoms with Gasteiger partial charge < -0.3 is 28.4 Å². The zero-order chi connectivity index (χ0) is 102. The maximum Gasteiger partial charge on any atom is 0.261 e. The van der Waals surface area contributed by atoms with Crippen LogP contribution in [0.3, 0.4) is 0 Å². The molecule has 6 aliphatic rings. The number of fused-ring (bicyclic) bond motifs is 20. The molecule has 9 heteroatoms. The van der Waals surface area contributed by atoms with Gasteiger partial charge in [-0.05, 0) is 211 Å². The molecule has 0 aliphatic carbocycles. The van der Waals surface area contributed by atoms with Crippen LogP contribution in [0.1, 0.15) is 109 Å². The fourth-order valence-corrected chi connectivity index (χ4v) is 20.4. The summed E-state index contributed by atoms with van der Waals surface area (Å²) in [6.07, 6.45) is 0. The van der Waals surface area contributed by atoms with Crippen molar-refractivity contribution in [2.75, 3.05) is 9.80 Å². The molecule has 0 spiro atoms. The van der Waals surface area contributed by atoms with E-state index in [0.29, 0.717) is 50.5 Å². The summed E-state index contributed by atoms with van der Waals surface area (Å²) < 4.78 is 243. The van der Waals surface area contributed by atoms with Gasteiger partial charge >= 0.3 is 0 Å². The van der Waals surface area contributed by atoms with Gasteiger partial charge in [-0.25, -0.2) is 0 Å². The Morgan fingerprint density at radius 3 is 0.984 bits per heavy atom. The Kier molecular flexibility index (Phi) is 11.2. The molecule has 0 saturated carbocycles. The number of hydrogen-bond acceptors (Lipinski definition) is 4. The molecule has 123 heavy (non-hydrogen) atoms. The second-order valence-corrected chi connectivity index (χ2v) is 36.1. The number of para-hydroxylation sites is 6. The van der Waals surface area contributed by atoms with Gasteiger partial charge in [0.1, 0.15) is 23.0 Å². The van der Waals surface area contributed by atoms with Crippen LogP contribution in [-0.2, 0) is 16.2 Å². The number of hydrogen-bond donors (Lipinski definition) is 0. The van der Waals surface area contributed by atoms with Gasteiger partial charge in [0.05, 0.1) is 52.6 Å². The highest BCUT2D eigenvalue weighted by Gasteiger charge is 2.55. The second kappa shape index (κ2) is 26.1. The van der Waals surface area contributed by atoms with Gasteiger partial charge in [-0.1, -0.05) is 329 Å². The third-order valence-corrected chi connectivity index (χ3v) is 26.1. The molecule has 25 rings (SSSR count). The monoisotopic (exact) mass is 1600 g/mol. The lowest BCUT2D eigenvalue weighted by atomic mass is 9.28. The molecule has 0 unspecified atom stereocenters. The molecule has 6 nitrogen and oxygen atoms in total. The van der Waals surface area contributed by atoms with Crippen molar-refractivity contribution in [1.82, 2.24) is 9.13 Å². The smallest absolute Gasteiger partial charge is 0.261 e. The SMILES string of the molecule is [2H]c1c([2H])c([2H])c2c(c1[2H])Oc1c3c(cc4c1B2c1c([2H])c([2H])c([2H])c2c5c([2H])c([2H])c([2H])c([2H])c5n-4c12)N(c1c(-c2ccccc2)cc(C(C)(C)C)cc1-c1cccc(-c2ccccc2)c1)c1cc(C(C)(C)C)cc2c1B3c1c(cc3c4c1Oc1c([2H])c([2H])c([2H])c([2H])c1B4c1c([2H])c([2H])c([2H])c4c5c([2H])c([2H])c([2H])c([2H])c5n-3c14)N2c1c(-c2ccccc2)cc(C(C)(C)C)cc1-c1cccc(-c2ccccc2)c1. The molecule has 6 aliphatic heterocycles. The van der Waals surface area contributed by atoms with Crippen molar-refractivity contribution in [2.24, 2.45) is 0 Å². The van der Waals surface area contributed by atoms with E-state index in [1.54, 1.807) is 9.13 Å². The number of benzene rings is 17. The molecular formula is C114H85B3N4O2. The van der Waals surface area contributed by atoms with E-state index in [0.717, 1.165) is 61.2 Å². The van der Waals surface area contributed by atoms with Crippen LogP contribution < -0.4 is 68.4 Å². The Balaban J connectivity index is 0.978. The number of rotatable bonds is 8. The maximum atomic E-state index is 10.7. The predicted octanol–water partition coefficient (Wildman–Crippen LogP) is 23.7. The molecule has 0 bridgehead atoms. The minimum absolute atomic E-state index is 0.0113. The van der Waals surface area contributed by atoms with E-state index < -0.39 is 181 Å². The summed E-state index contributed by atoms with van der Waals surface area (Å²) in [4.78, 5) is 4.44. The molecule has 17 aromatic carbocycles. The van der Waals surface area contributed by atoms with Gasteiger partial charge in [-0.2, -0.15) is 0 Å². The van der Waals surface area contributed by atoms with Gasteiger partial charge in [0.25, 0.3) is 20.1 Å². The largest absolute Gasteiger partial charge is 0.459 e. The minimum Gasteiger partial charge on any atom is -0.459 e. The van der Waals surface area contributed by atoms with Crippen LogP contribution in [-0.4, -0.2) is 29.3 Å². The van der Waals surface area contributed by atoms with Crippen LogP contribution in [0, 0.1) is 0 Å². The van der Waals surface area contributed by atoms with E-state index in [9.17, 15) is 30.2 Å². The second-order valence-electron chi connectivity index (χ2n) is 36.1. The first kappa shape index (κ1) is 52.7. The lowest BCUT2D eigenvalue weighted by molar-refractivity contribution is 0.490. The lowest BCUT2D eigenvalue weighted by Crippen LogP contribution is -2.67. The molecule has 0 amide bonds. The van der Waals surface area contributed by atoms with Crippen molar-refractivity contribution in [1.29, 1.82) is 0 Å². The summed E-state index contributed by atoms with van der Waals surface area (Å²) in [5.74, 6) is -1.04. The third kappa shape index (κ3) is 10.4. The Hall–Kier alpha value is -14.3. The zero-order valence-corrected chi connectivity index (χ0v) is 68.6. The van der Waals surface area contributed by atoms with Gasteiger partial charge in [-0.3, -0.25) is 0 Å². The maximum absolute atomic E-state index is 10.7. The first-order valence-electron chi connectivity index (χ1n) is 52.8. The summed E-state index contributed by atoms with van der Waals surface area (Å²) in [7, 11) is 0. The van der Waals surface area contributed by atoms with Crippen molar-refractivity contribution in [3.63, 3.8) is 0 Å². The summed E-state index contributed by atoms with van der Waals surface area (Å²) in [5, 5.41) is -0.603. The number of anilines is 6. The van der Waals surface area contributed by atoms with Crippen molar-refractivity contribution in [2.45, 2.75) is 78.6 Å². The van der Waals surface area contributed by atoms with E-state index in [1.165, 1.54) is 0 Å². The van der Waals surface area contributed by atoms with E-state index in [-0.39, 0.29) is 122 Å². The molecule has 0 atom stereocenters. The third-order valence-electron chi connectivity index (χ3n) is 26.1. The number of ether oxygens (including phenoxy) is 2. The average molecular weight is 1600 g/mol. The molecule has 0 saturated heterocycles. The molecule has 8 heterocycles. The molecule has 582 valence electrons. The van der Waals surface area contributed by atoms with Crippen molar-refractivity contribution in [3.05, 3.63) is 368 Å². The van der Waals surface area contributed by atoms with Crippen LogP contribution in [0.2, 0.25) is 0 Å². The summed E-state index contributed by atoms with van der Waals surface area (Å²) in [6.45, 7) is 14.6. The molecular weight excluding hydrogens is 1490 g/mol.